The Balaban J connectivity index is 1.64. The largest absolute Gasteiger partial charge is 0.361 e. The summed E-state index contributed by atoms with van der Waals surface area (Å²) in [5.41, 5.74) is 1.92. The number of Topliss-reactive ketones (excluding diaryl/α,β-unsaturated/α-hetero) is 1. The monoisotopic (exact) mass is 404 g/mol. The van der Waals surface area contributed by atoms with Gasteiger partial charge in [0.2, 0.25) is 5.91 Å². The Morgan fingerprint density at radius 1 is 1.21 bits per heavy atom. The number of amides is 1. The topological polar surface area (TPSA) is 71.6 Å². The third-order valence-electron chi connectivity index (χ3n) is 5.83. The lowest BCUT2D eigenvalue weighted by atomic mass is 9.89. The number of carbonyl (C=O) groups excluding carboxylic acids is 2. The van der Waals surface area contributed by atoms with E-state index in [9.17, 15) is 9.59 Å². The van der Waals surface area contributed by atoms with Crippen LogP contribution in [0.1, 0.15) is 81.8 Å². The first-order valence-electron chi connectivity index (χ1n) is 10.6. The van der Waals surface area contributed by atoms with Gasteiger partial charge in [-0.25, -0.2) is 4.98 Å². The van der Waals surface area contributed by atoms with E-state index in [2.05, 4.69) is 28.7 Å². The average molecular weight is 405 g/mol. The number of carbonyl (C=O) groups is 2. The van der Waals surface area contributed by atoms with Crippen molar-refractivity contribution in [2.24, 2.45) is 0 Å². The van der Waals surface area contributed by atoms with E-state index in [1.807, 2.05) is 6.92 Å². The molecule has 2 aliphatic rings. The molecule has 28 heavy (non-hydrogen) atoms. The number of fused-ring (bicyclic) bond motifs is 1. The van der Waals surface area contributed by atoms with Gasteiger partial charge in [-0.1, -0.05) is 19.3 Å². The van der Waals surface area contributed by atoms with Crippen molar-refractivity contribution in [3.8, 4) is 0 Å². The normalized spacial score (nSPS) is 28.5. The fourth-order valence-electron chi connectivity index (χ4n) is 4.12. The van der Waals surface area contributed by atoms with Crippen LogP contribution in [0.5, 0.6) is 0 Å². The molecule has 0 bridgehead atoms. The van der Waals surface area contributed by atoms with Crippen molar-refractivity contribution in [1.82, 2.24) is 10.3 Å². The van der Waals surface area contributed by atoms with Crippen LogP contribution in [0.15, 0.2) is 11.0 Å². The molecule has 2 unspecified atom stereocenters. The first kappa shape index (κ1) is 21.2. The Labute approximate surface area is 172 Å². The molecule has 6 heteroatoms. The van der Waals surface area contributed by atoms with E-state index in [4.69, 9.17) is 4.74 Å². The number of thiazole rings is 1. The second-order valence-electron chi connectivity index (χ2n) is 8.06. The van der Waals surface area contributed by atoms with Crippen LogP contribution in [0.3, 0.4) is 0 Å². The SMILES string of the molecule is C/C(=C\c1csc(C)n1)C12CCNC(=O)CCCC(=O)CCCCCCC1O2. The molecule has 1 aromatic heterocycles. The van der Waals surface area contributed by atoms with Gasteiger partial charge in [-0.15, -0.1) is 11.3 Å². The van der Waals surface area contributed by atoms with E-state index in [0.717, 1.165) is 49.2 Å². The summed E-state index contributed by atoms with van der Waals surface area (Å²) in [6.45, 7) is 4.74. The van der Waals surface area contributed by atoms with E-state index in [0.29, 0.717) is 38.0 Å². The highest BCUT2D eigenvalue weighted by atomic mass is 32.1. The Morgan fingerprint density at radius 3 is 2.79 bits per heavy atom. The van der Waals surface area contributed by atoms with E-state index in [-0.39, 0.29) is 17.6 Å². The third kappa shape index (κ3) is 5.74. The van der Waals surface area contributed by atoms with Gasteiger partial charge in [0.25, 0.3) is 0 Å². The van der Waals surface area contributed by atoms with Gasteiger partial charge in [0, 0.05) is 37.6 Å². The number of hydrogen-bond acceptors (Lipinski definition) is 5. The van der Waals surface area contributed by atoms with Crippen LogP contribution >= 0.6 is 11.3 Å². The minimum Gasteiger partial charge on any atom is -0.361 e. The molecule has 0 spiro atoms. The molecular formula is C22H32N2O3S. The number of ketones is 1. The summed E-state index contributed by atoms with van der Waals surface area (Å²) in [6, 6.07) is 0. The standard InChI is InChI=1S/C22H32N2O3S/c1-16(14-18-15-28-17(2)24-18)22-12-13-23-21(26)11-7-9-19(25)8-5-3-4-6-10-20(22)27-22/h14-15,20H,3-13H2,1-2H3,(H,23,26)/b16-14+. The zero-order valence-electron chi connectivity index (χ0n) is 17.1. The molecule has 0 aliphatic carbocycles. The zero-order valence-corrected chi connectivity index (χ0v) is 17.9. The second kappa shape index (κ2) is 9.79. The van der Waals surface area contributed by atoms with Crippen molar-refractivity contribution in [2.45, 2.75) is 89.8 Å². The summed E-state index contributed by atoms with van der Waals surface area (Å²) < 4.78 is 6.23. The molecule has 1 aromatic rings. The van der Waals surface area contributed by atoms with Crippen molar-refractivity contribution in [3.63, 3.8) is 0 Å². The highest BCUT2D eigenvalue weighted by Crippen LogP contribution is 2.48. The number of aromatic nitrogens is 1. The van der Waals surface area contributed by atoms with Gasteiger partial charge < -0.3 is 10.1 Å². The van der Waals surface area contributed by atoms with Crippen LogP contribution in [0.25, 0.3) is 6.08 Å². The van der Waals surface area contributed by atoms with Crippen LogP contribution < -0.4 is 5.32 Å². The van der Waals surface area contributed by atoms with Gasteiger partial charge in [-0.3, -0.25) is 9.59 Å². The van der Waals surface area contributed by atoms with E-state index < -0.39 is 0 Å². The smallest absolute Gasteiger partial charge is 0.220 e. The Morgan fingerprint density at radius 2 is 2.00 bits per heavy atom. The van der Waals surface area contributed by atoms with Crippen molar-refractivity contribution >= 4 is 29.1 Å². The first-order valence-corrected chi connectivity index (χ1v) is 11.4. The molecule has 154 valence electrons. The van der Waals surface area contributed by atoms with E-state index in [1.54, 1.807) is 11.3 Å². The summed E-state index contributed by atoms with van der Waals surface area (Å²) in [5.74, 6) is 0.325. The van der Waals surface area contributed by atoms with E-state index >= 15 is 0 Å². The summed E-state index contributed by atoms with van der Waals surface area (Å²) in [4.78, 5) is 28.5. The van der Waals surface area contributed by atoms with Crippen LogP contribution in [0.4, 0.5) is 0 Å². The lowest BCUT2D eigenvalue weighted by molar-refractivity contribution is -0.121. The molecule has 3 rings (SSSR count). The lowest BCUT2D eigenvalue weighted by Crippen LogP contribution is -2.30. The molecule has 2 atom stereocenters. The maximum Gasteiger partial charge on any atom is 0.220 e. The summed E-state index contributed by atoms with van der Waals surface area (Å²) in [7, 11) is 0. The van der Waals surface area contributed by atoms with Crippen LogP contribution in [-0.2, 0) is 14.3 Å². The maximum absolute atomic E-state index is 12.1. The Hall–Kier alpha value is -1.53. The minimum atomic E-state index is -0.266. The number of epoxide rings is 1. The second-order valence-corrected chi connectivity index (χ2v) is 9.12. The molecule has 0 radical (unpaired) electrons. The molecule has 0 aromatic carbocycles. The zero-order chi connectivity index (χ0) is 20.0. The summed E-state index contributed by atoms with van der Waals surface area (Å²) in [6.07, 6.45) is 10.7. The Kier molecular flexibility index (Phi) is 7.41. The van der Waals surface area contributed by atoms with Crippen molar-refractivity contribution in [3.05, 3.63) is 21.7 Å². The highest BCUT2D eigenvalue weighted by molar-refractivity contribution is 7.09. The number of nitrogens with one attached hydrogen (secondary N) is 1. The van der Waals surface area contributed by atoms with Crippen molar-refractivity contribution in [1.29, 1.82) is 0 Å². The molecule has 2 aliphatic heterocycles. The molecule has 3 heterocycles. The Bertz CT molecular complexity index is 727. The van der Waals surface area contributed by atoms with Gasteiger partial charge in [-0.05, 0) is 44.8 Å². The maximum atomic E-state index is 12.1. The van der Waals surface area contributed by atoms with Crippen molar-refractivity contribution in [2.75, 3.05) is 6.54 Å². The first-order chi connectivity index (χ1) is 13.5. The highest BCUT2D eigenvalue weighted by Gasteiger charge is 2.56. The fraction of sp³-hybridized carbons (Fsp3) is 0.682. The quantitative estimate of drug-likeness (QED) is 0.732. The molecular weight excluding hydrogens is 372 g/mol. The summed E-state index contributed by atoms with van der Waals surface area (Å²) in [5, 5.41) is 6.15. The fourth-order valence-corrected chi connectivity index (χ4v) is 4.69. The van der Waals surface area contributed by atoms with Crippen molar-refractivity contribution < 1.29 is 14.3 Å². The van der Waals surface area contributed by atoms with Crippen LogP contribution in [0.2, 0.25) is 0 Å². The molecule has 2 saturated heterocycles. The number of nitrogens with zero attached hydrogens (tertiary/aromatic N) is 1. The van der Waals surface area contributed by atoms with Crippen LogP contribution in [-0.4, -0.2) is 34.9 Å². The van der Waals surface area contributed by atoms with Crippen LogP contribution in [0, 0.1) is 6.92 Å². The molecule has 2 fully saturated rings. The van der Waals surface area contributed by atoms with Gasteiger partial charge in [0.05, 0.1) is 16.8 Å². The number of ether oxygens (including phenoxy) is 1. The number of aryl methyl sites for hydroxylation is 1. The number of rotatable bonds is 2. The molecule has 0 saturated carbocycles. The lowest BCUT2D eigenvalue weighted by Gasteiger charge is -2.15. The van der Waals surface area contributed by atoms with E-state index in [1.165, 1.54) is 5.57 Å². The average Bonchev–Trinajstić information content (AvgIpc) is 3.21. The van der Waals surface area contributed by atoms with Gasteiger partial charge >= 0.3 is 0 Å². The van der Waals surface area contributed by atoms with Gasteiger partial charge in [0.1, 0.15) is 11.4 Å². The summed E-state index contributed by atoms with van der Waals surface area (Å²) >= 11 is 1.66. The number of hydrogen-bond donors (Lipinski definition) is 1. The third-order valence-corrected chi connectivity index (χ3v) is 6.63. The molecule has 1 amide bonds. The minimum absolute atomic E-state index is 0.0315. The molecule has 5 nitrogen and oxygen atoms in total. The predicted octanol–water partition coefficient (Wildman–Crippen LogP) is 4.59. The predicted molar refractivity (Wildman–Crippen MR) is 112 cm³/mol. The van der Waals surface area contributed by atoms with Gasteiger partial charge in [0.15, 0.2) is 0 Å². The molecule has 1 N–H and O–H groups in total. The van der Waals surface area contributed by atoms with Gasteiger partial charge in [-0.2, -0.15) is 0 Å².